The summed E-state index contributed by atoms with van der Waals surface area (Å²) >= 11 is 0. The normalized spacial score (nSPS) is 17.8. The summed E-state index contributed by atoms with van der Waals surface area (Å²) < 4.78 is 63.8. The summed E-state index contributed by atoms with van der Waals surface area (Å²) in [7, 11) is -2.06. The lowest BCUT2D eigenvalue weighted by Gasteiger charge is -2.27. The zero-order valence-corrected chi connectivity index (χ0v) is 32.7. The number of carbonyl (C=O) groups excluding carboxylic acids is 2. The topological polar surface area (TPSA) is 268 Å². The number of carbonyl (C=O) groups is 2. The smallest absolute Gasteiger partial charge is 0.441 e. The first kappa shape index (κ1) is 41.1. The molecule has 316 valence electrons. The maximum atomic E-state index is 15.4. The van der Waals surface area contributed by atoms with E-state index in [4.69, 9.17) is 18.7 Å². The molecule has 0 bridgehead atoms. The number of aliphatic hydroxyl groups is 1. The molecule has 6 aromatic rings. The highest BCUT2D eigenvalue weighted by Crippen LogP contribution is 2.41. The van der Waals surface area contributed by atoms with Gasteiger partial charge in [0.15, 0.2) is 6.10 Å². The maximum Gasteiger partial charge on any atom is 0.470 e. The predicted octanol–water partition coefficient (Wildman–Crippen LogP) is 2.68. The number of halogens is 2. The fourth-order valence-electron chi connectivity index (χ4n) is 6.60. The third kappa shape index (κ3) is 9.08. The van der Waals surface area contributed by atoms with Gasteiger partial charge in [-0.1, -0.05) is 12.1 Å². The molecule has 2 aliphatic heterocycles. The third-order valence-electron chi connectivity index (χ3n) is 9.46. The molecule has 4 aromatic heterocycles. The van der Waals surface area contributed by atoms with Crippen LogP contribution in [-0.2, 0) is 37.4 Å². The Kier molecular flexibility index (Phi) is 11.3. The molecular weight excluding hydrogens is 829 g/mol. The predicted molar refractivity (Wildman–Crippen MR) is 204 cm³/mol. The van der Waals surface area contributed by atoms with E-state index in [2.05, 4.69) is 40.8 Å². The summed E-state index contributed by atoms with van der Waals surface area (Å²) in [6.07, 6.45) is -4.85. The number of anilines is 2. The van der Waals surface area contributed by atoms with Gasteiger partial charge < -0.3 is 29.1 Å². The van der Waals surface area contributed by atoms with Gasteiger partial charge in [-0.05, 0) is 59.0 Å². The Bertz CT molecular complexity index is 2630. The average Bonchev–Trinajstić information content (AvgIpc) is 4.04. The van der Waals surface area contributed by atoms with E-state index in [1.165, 1.54) is 51.2 Å². The monoisotopic (exact) mass is 862 g/mol. The Labute approximate surface area is 342 Å². The Morgan fingerprint density at radius 2 is 1.31 bits per heavy atom. The Hall–Kier alpha value is -6.69. The lowest BCUT2D eigenvalue weighted by Crippen LogP contribution is -2.44. The number of hydrogen-bond acceptors (Lipinski definition) is 16. The van der Waals surface area contributed by atoms with Crippen molar-refractivity contribution < 1.29 is 56.6 Å². The van der Waals surface area contributed by atoms with Crippen LogP contribution in [0.3, 0.4) is 0 Å². The van der Waals surface area contributed by atoms with Gasteiger partial charge in [0.1, 0.15) is 41.3 Å². The van der Waals surface area contributed by atoms with E-state index in [0.29, 0.717) is 28.3 Å². The van der Waals surface area contributed by atoms with Crippen LogP contribution in [0.4, 0.5) is 29.7 Å². The molecule has 22 nitrogen and oxygen atoms in total. The molecular formula is C36H33F2N12O10P. The molecule has 8 rings (SSSR count). The van der Waals surface area contributed by atoms with Gasteiger partial charge in [0.2, 0.25) is 11.6 Å². The van der Waals surface area contributed by atoms with Gasteiger partial charge in [0.05, 0.1) is 51.8 Å². The number of aromatic nitrogens is 10. The molecule has 2 unspecified atom stereocenters. The van der Waals surface area contributed by atoms with Crippen LogP contribution in [0.5, 0.6) is 0 Å². The second-order valence-electron chi connectivity index (χ2n) is 13.7. The summed E-state index contributed by atoms with van der Waals surface area (Å²) in [5.41, 5.74) is 2.36. The van der Waals surface area contributed by atoms with Gasteiger partial charge in [-0.25, -0.2) is 22.9 Å². The lowest BCUT2D eigenvalue weighted by atomic mass is 10.1. The Balaban J connectivity index is 0.868. The SMILES string of the molecule is Cn1nnc(-c2ccc(-c3ccc(N4C[C@H](COCC(O)C(OP(=O)(O)O)[C@H]5CN(c6ccc(-c7ccc(-c8nnn(C)n8)nc7)c(F)c6)C(=O)O5)OC4=O)cc3F)cn2)n1. The Morgan fingerprint density at radius 3 is 1.77 bits per heavy atom. The van der Waals surface area contributed by atoms with Crippen molar-refractivity contribution in [2.24, 2.45) is 14.1 Å². The van der Waals surface area contributed by atoms with E-state index in [-0.39, 0.29) is 41.5 Å². The van der Waals surface area contributed by atoms with Crippen LogP contribution in [-0.4, -0.2) is 128 Å². The quantitative estimate of drug-likeness (QED) is 0.133. The molecule has 3 N–H and O–H groups in total. The number of amides is 2. The minimum atomic E-state index is -5.28. The molecule has 2 amide bonds. The van der Waals surface area contributed by atoms with Crippen molar-refractivity contribution in [1.29, 1.82) is 0 Å². The molecule has 2 fully saturated rings. The number of rotatable bonds is 14. The molecule has 6 heterocycles. The molecule has 2 aromatic carbocycles. The highest BCUT2D eigenvalue weighted by molar-refractivity contribution is 7.46. The number of tetrazole rings is 2. The van der Waals surface area contributed by atoms with Crippen molar-refractivity contribution in [3.05, 3.63) is 84.7 Å². The number of hydrogen-bond donors (Lipinski definition) is 3. The number of aliphatic hydroxyl groups excluding tert-OH is 1. The molecule has 0 aliphatic carbocycles. The first-order chi connectivity index (χ1) is 29.2. The van der Waals surface area contributed by atoms with Crippen molar-refractivity contribution in [3.8, 4) is 45.3 Å². The fraction of sp³-hybridized carbons (Fsp3) is 0.278. The lowest BCUT2D eigenvalue weighted by molar-refractivity contribution is -0.0822. The van der Waals surface area contributed by atoms with Crippen molar-refractivity contribution in [1.82, 2.24) is 50.4 Å². The number of benzene rings is 2. The van der Waals surface area contributed by atoms with Crippen LogP contribution in [0.25, 0.3) is 45.3 Å². The summed E-state index contributed by atoms with van der Waals surface area (Å²) in [6, 6.07) is 14.6. The van der Waals surface area contributed by atoms with Crippen LogP contribution in [0.2, 0.25) is 0 Å². The van der Waals surface area contributed by atoms with Crippen molar-refractivity contribution >= 4 is 31.4 Å². The van der Waals surface area contributed by atoms with Gasteiger partial charge in [-0.3, -0.25) is 24.3 Å². The van der Waals surface area contributed by atoms with E-state index in [1.807, 2.05) is 0 Å². The molecule has 61 heavy (non-hydrogen) atoms. The second-order valence-corrected chi connectivity index (χ2v) is 14.9. The van der Waals surface area contributed by atoms with Gasteiger partial charge in [-0.15, -0.1) is 20.4 Å². The minimum absolute atomic E-state index is 0.0490. The van der Waals surface area contributed by atoms with Gasteiger partial charge in [0, 0.05) is 34.6 Å². The maximum absolute atomic E-state index is 15.4. The number of phosphoric acid groups is 1. The number of nitrogens with zero attached hydrogens (tertiary/aromatic N) is 12. The first-order valence-corrected chi connectivity index (χ1v) is 19.7. The fourth-order valence-corrected chi connectivity index (χ4v) is 7.19. The standard InChI is InChI=1S/C36H33F2N12O10P/c1-47-43-33(41-45-47)28-9-3-19(13-39-28)24-7-5-21(11-26(24)37)49-15-23(58-35(49)52)17-57-18-30(51)32(60-61(54,55)56)31-16-50(36(53)59-31)22-6-8-25(27(38)12-22)20-4-10-29(40-14-20)34-42-46-48(2)44-34/h3-14,23,30-32,51H,15-18H2,1-2H3,(H2,54,55,56)/t23-,30?,31-,32?/m1/s1. The van der Waals surface area contributed by atoms with Crippen LogP contribution >= 0.6 is 7.82 Å². The molecule has 2 saturated heterocycles. The molecule has 0 saturated carbocycles. The molecule has 0 radical (unpaired) electrons. The number of cyclic esters (lactones) is 2. The van der Waals surface area contributed by atoms with Crippen LogP contribution in [0.1, 0.15) is 0 Å². The van der Waals surface area contributed by atoms with E-state index in [1.54, 1.807) is 38.4 Å². The van der Waals surface area contributed by atoms with Crippen molar-refractivity contribution in [2.45, 2.75) is 24.4 Å². The molecule has 0 spiro atoms. The van der Waals surface area contributed by atoms with E-state index in [0.717, 1.165) is 17.0 Å². The number of phosphoric ester groups is 1. The highest BCUT2D eigenvalue weighted by Gasteiger charge is 2.44. The summed E-state index contributed by atoms with van der Waals surface area (Å²) in [5, 5.41) is 34.5. The van der Waals surface area contributed by atoms with E-state index < -0.39 is 69.2 Å². The second kappa shape index (κ2) is 16.8. The van der Waals surface area contributed by atoms with Gasteiger partial charge in [0.25, 0.3) is 0 Å². The minimum Gasteiger partial charge on any atom is -0.441 e. The zero-order valence-electron chi connectivity index (χ0n) is 31.8. The largest absolute Gasteiger partial charge is 0.470 e. The van der Waals surface area contributed by atoms with Crippen molar-refractivity contribution in [3.63, 3.8) is 0 Å². The van der Waals surface area contributed by atoms with Crippen LogP contribution in [0, 0.1) is 11.6 Å². The van der Waals surface area contributed by atoms with Crippen molar-refractivity contribution in [2.75, 3.05) is 36.1 Å². The van der Waals surface area contributed by atoms with Gasteiger partial charge >= 0.3 is 20.0 Å². The highest BCUT2D eigenvalue weighted by atomic mass is 31.2. The molecule has 25 heteroatoms. The summed E-state index contributed by atoms with van der Waals surface area (Å²) in [4.78, 5) is 58.3. The van der Waals surface area contributed by atoms with E-state index in [9.17, 15) is 29.0 Å². The van der Waals surface area contributed by atoms with Crippen LogP contribution in [0.15, 0.2) is 73.1 Å². The number of aryl methyl sites for hydroxylation is 2. The van der Waals surface area contributed by atoms with E-state index >= 15 is 8.78 Å². The summed E-state index contributed by atoms with van der Waals surface area (Å²) in [5.74, 6) is -0.770. The number of ether oxygens (including phenoxy) is 3. The first-order valence-electron chi connectivity index (χ1n) is 18.2. The zero-order chi connectivity index (χ0) is 43.0. The van der Waals surface area contributed by atoms with Gasteiger partial charge in [-0.2, -0.15) is 9.59 Å². The molecule has 4 atom stereocenters. The average molecular weight is 863 g/mol. The third-order valence-corrected chi connectivity index (χ3v) is 9.98. The van der Waals surface area contributed by atoms with Crippen LogP contribution < -0.4 is 9.80 Å². The Morgan fingerprint density at radius 1 is 0.787 bits per heavy atom. The number of pyridine rings is 2. The summed E-state index contributed by atoms with van der Waals surface area (Å²) in [6.45, 7) is -1.37. The molecule has 2 aliphatic rings.